The average Bonchev–Trinajstić information content (AvgIpc) is 2.82. The summed E-state index contributed by atoms with van der Waals surface area (Å²) >= 11 is 1.81. The minimum atomic E-state index is 0. The lowest BCUT2D eigenvalue weighted by atomic mass is 9.87. The second-order valence-corrected chi connectivity index (χ2v) is 6.76. The molecule has 2 heterocycles. The number of aryl methyl sites for hydroxylation is 1. The monoisotopic (exact) mass is 298 g/mol. The number of fused-ring (bicyclic) bond motifs is 2. The molecule has 0 radical (unpaired) electrons. The molecule has 2 N–H and O–H groups in total. The second kappa shape index (κ2) is 5.08. The first-order chi connectivity index (χ1) is 8.84. The molecule has 104 valence electrons. The summed E-state index contributed by atoms with van der Waals surface area (Å²) in [6, 6.07) is 2.61. The van der Waals surface area contributed by atoms with Crippen LogP contribution in [0.1, 0.15) is 29.2 Å². The Kier molecular flexibility index (Phi) is 3.58. The van der Waals surface area contributed by atoms with E-state index in [1.54, 1.807) is 0 Å². The summed E-state index contributed by atoms with van der Waals surface area (Å²) in [5.41, 5.74) is 1.30. The van der Waals surface area contributed by atoms with Gasteiger partial charge in [0.05, 0.1) is 5.92 Å². The van der Waals surface area contributed by atoms with Crippen LogP contribution in [0.3, 0.4) is 0 Å². The van der Waals surface area contributed by atoms with E-state index in [-0.39, 0.29) is 24.2 Å². The van der Waals surface area contributed by atoms with Crippen LogP contribution in [-0.2, 0) is 11.2 Å². The molecular weight excluding hydrogens is 280 g/mol. The lowest BCUT2D eigenvalue weighted by molar-refractivity contribution is -0.123. The molecular formula is C14H19ClN2OS. The Hall–Kier alpha value is -0.580. The summed E-state index contributed by atoms with van der Waals surface area (Å²) in [7, 11) is 0. The van der Waals surface area contributed by atoms with Crippen molar-refractivity contribution in [2.75, 3.05) is 13.1 Å². The topological polar surface area (TPSA) is 41.1 Å². The van der Waals surface area contributed by atoms with Crippen molar-refractivity contribution in [2.45, 2.75) is 31.2 Å². The molecule has 0 bridgehead atoms. The van der Waals surface area contributed by atoms with Gasteiger partial charge in [0, 0.05) is 24.0 Å². The van der Waals surface area contributed by atoms with Crippen LogP contribution in [0.25, 0.3) is 0 Å². The van der Waals surface area contributed by atoms with Crippen molar-refractivity contribution in [2.24, 2.45) is 11.8 Å². The zero-order chi connectivity index (χ0) is 12.1. The molecule has 2 aliphatic carbocycles. The van der Waals surface area contributed by atoms with E-state index in [4.69, 9.17) is 0 Å². The molecule has 3 unspecified atom stereocenters. The third-order valence-corrected chi connectivity index (χ3v) is 5.77. The van der Waals surface area contributed by atoms with E-state index in [9.17, 15) is 4.79 Å². The Morgan fingerprint density at radius 1 is 1.37 bits per heavy atom. The molecule has 1 aromatic rings. The number of hydrogen-bond acceptors (Lipinski definition) is 3. The first kappa shape index (κ1) is 13.4. The fourth-order valence-electron chi connectivity index (χ4n) is 3.66. The summed E-state index contributed by atoms with van der Waals surface area (Å²) in [5.74, 6) is 1.81. The highest BCUT2D eigenvalue weighted by atomic mass is 35.5. The number of rotatable bonds is 2. The first-order valence-electron chi connectivity index (χ1n) is 6.92. The normalized spacial score (nSPS) is 34.9. The van der Waals surface area contributed by atoms with Crippen molar-refractivity contribution in [3.8, 4) is 0 Å². The van der Waals surface area contributed by atoms with E-state index in [1.165, 1.54) is 10.4 Å². The van der Waals surface area contributed by atoms with Crippen LogP contribution in [0, 0.1) is 11.8 Å². The lowest BCUT2D eigenvalue weighted by Gasteiger charge is -2.22. The third-order valence-electron chi connectivity index (χ3n) is 4.77. The van der Waals surface area contributed by atoms with E-state index in [2.05, 4.69) is 22.1 Å². The number of piperidine rings is 1. The van der Waals surface area contributed by atoms with Gasteiger partial charge in [-0.25, -0.2) is 0 Å². The summed E-state index contributed by atoms with van der Waals surface area (Å²) in [6.45, 7) is 2.17. The van der Waals surface area contributed by atoms with Gasteiger partial charge >= 0.3 is 0 Å². The molecule has 1 aromatic heterocycles. The van der Waals surface area contributed by atoms with Crippen LogP contribution < -0.4 is 10.6 Å². The van der Waals surface area contributed by atoms with E-state index in [0.29, 0.717) is 17.9 Å². The molecule has 3 atom stereocenters. The molecule has 1 amide bonds. The first-order valence-corrected chi connectivity index (χ1v) is 7.80. The largest absolute Gasteiger partial charge is 0.352 e. The molecule has 1 saturated heterocycles. The number of carbonyl (C=O) groups excluding carboxylic acids is 1. The summed E-state index contributed by atoms with van der Waals surface area (Å²) in [5, 5.41) is 8.78. The summed E-state index contributed by atoms with van der Waals surface area (Å²) in [4.78, 5) is 13.8. The van der Waals surface area contributed by atoms with Gasteiger partial charge in [-0.1, -0.05) is 0 Å². The molecule has 1 aliphatic heterocycles. The van der Waals surface area contributed by atoms with Gasteiger partial charge < -0.3 is 10.6 Å². The third kappa shape index (κ3) is 2.20. The van der Waals surface area contributed by atoms with Gasteiger partial charge in [-0.05, 0) is 48.1 Å². The van der Waals surface area contributed by atoms with Crippen LogP contribution in [0.4, 0.5) is 0 Å². The number of amides is 1. The van der Waals surface area contributed by atoms with Crippen LogP contribution in [0.2, 0.25) is 0 Å². The molecule has 5 heteroatoms. The van der Waals surface area contributed by atoms with E-state index < -0.39 is 0 Å². The fourth-order valence-corrected chi connectivity index (χ4v) is 4.64. The van der Waals surface area contributed by atoms with Crippen molar-refractivity contribution in [3.63, 3.8) is 0 Å². The Bertz CT molecular complexity index is 480. The van der Waals surface area contributed by atoms with Gasteiger partial charge in [0.2, 0.25) is 5.91 Å². The van der Waals surface area contributed by atoms with Gasteiger partial charge in [0.25, 0.3) is 0 Å². The van der Waals surface area contributed by atoms with Crippen molar-refractivity contribution >= 4 is 29.7 Å². The maximum Gasteiger partial charge on any atom is 0.227 e. The number of carbonyl (C=O) groups is 1. The maximum absolute atomic E-state index is 12.4. The number of thiophene rings is 1. The summed E-state index contributed by atoms with van der Waals surface area (Å²) in [6.07, 6.45) is 3.34. The van der Waals surface area contributed by atoms with E-state index in [1.807, 2.05) is 11.3 Å². The number of halogens is 1. The van der Waals surface area contributed by atoms with Gasteiger partial charge in [-0.2, -0.15) is 0 Å². The number of hydrogen-bond donors (Lipinski definition) is 2. The maximum atomic E-state index is 12.4. The zero-order valence-electron chi connectivity index (χ0n) is 10.7. The fraction of sp³-hybridized carbons (Fsp3) is 0.643. The van der Waals surface area contributed by atoms with Crippen molar-refractivity contribution in [1.29, 1.82) is 0 Å². The average molecular weight is 299 g/mol. The van der Waals surface area contributed by atoms with Crippen molar-refractivity contribution < 1.29 is 4.79 Å². The van der Waals surface area contributed by atoms with Gasteiger partial charge in [0.1, 0.15) is 0 Å². The highest BCUT2D eigenvalue weighted by Gasteiger charge is 2.54. The van der Waals surface area contributed by atoms with E-state index >= 15 is 0 Å². The van der Waals surface area contributed by atoms with Crippen molar-refractivity contribution in [3.05, 3.63) is 21.9 Å². The van der Waals surface area contributed by atoms with Crippen LogP contribution in [0.15, 0.2) is 11.4 Å². The number of nitrogens with one attached hydrogen (secondary N) is 2. The lowest BCUT2D eigenvalue weighted by Crippen LogP contribution is -2.36. The predicted octanol–water partition coefficient (Wildman–Crippen LogP) is 1.92. The molecule has 0 spiro atoms. The molecule has 3 nitrogen and oxygen atoms in total. The molecule has 2 fully saturated rings. The van der Waals surface area contributed by atoms with E-state index in [0.717, 1.165) is 32.4 Å². The minimum Gasteiger partial charge on any atom is -0.352 e. The molecule has 19 heavy (non-hydrogen) atoms. The quantitative estimate of drug-likeness (QED) is 0.876. The van der Waals surface area contributed by atoms with Crippen molar-refractivity contribution in [1.82, 2.24) is 10.6 Å². The Morgan fingerprint density at radius 2 is 2.16 bits per heavy atom. The zero-order valence-corrected chi connectivity index (χ0v) is 12.4. The Balaban J connectivity index is 0.00000110. The summed E-state index contributed by atoms with van der Waals surface area (Å²) < 4.78 is 0. The smallest absolute Gasteiger partial charge is 0.227 e. The molecule has 4 rings (SSSR count). The molecule has 3 aliphatic rings. The highest BCUT2D eigenvalue weighted by Crippen LogP contribution is 2.42. The van der Waals surface area contributed by atoms with Gasteiger partial charge in [-0.3, -0.25) is 4.79 Å². The van der Waals surface area contributed by atoms with Crippen LogP contribution in [-0.4, -0.2) is 25.0 Å². The standard InChI is InChI=1S/C14H18N2OS.ClH/c17-14(16-13-10-6-15-7-11(10)13)9-2-1-3-12-8(9)4-5-18-12;/h4-5,9-11,13,15H,1-3,6-7H2,(H,16,17);1H. The van der Waals surface area contributed by atoms with Gasteiger partial charge in [-0.15, -0.1) is 23.7 Å². The molecule has 0 aromatic carbocycles. The molecule has 1 saturated carbocycles. The predicted molar refractivity (Wildman–Crippen MR) is 79.0 cm³/mol. The minimum absolute atomic E-state index is 0. The Morgan fingerprint density at radius 3 is 2.95 bits per heavy atom. The van der Waals surface area contributed by atoms with Gasteiger partial charge in [0.15, 0.2) is 0 Å². The van der Waals surface area contributed by atoms with Crippen LogP contribution in [0.5, 0.6) is 0 Å². The SMILES string of the molecule is Cl.O=C(NC1C2CNCC21)C1CCCc2sccc21. The van der Waals surface area contributed by atoms with Crippen LogP contribution >= 0.6 is 23.7 Å². The second-order valence-electron chi connectivity index (χ2n) is 5.76. The Labute approximate surface area is 123 Å². The highest BCUT2D eigenvalue weighted by molar-refractivity contribution is 7.10.